The molecule has 0 unspecified atom stereocenters. The fourth-order valence-electron chi connectivity index (χ4n) is 4.23. The van der Waals surface area contributed by atoms with Crippen molar-refractivity contribution in [3.8, 4) is 0 Å². The molecule has 1 aliphatic rings. The fourth-order valence-corrected chi connectivity index (χ4v) is 5.44. The van der Waals surface area contributed by atoms with Gasteiger partial charge in [-0.15, -0.1) is 0 Å². The Morgan fingerprint density at radius 1 is 1.00 bits per heavy atom. The predicted octanol–water partition coefficient (Wildman–Crippen LogP) is 7.36. The normalized spacial score (nSPS) is 17.9. The Hall–Kier alpha value is -2.45. The van der Waals surface area contributed by atoms with Crippen LogP contribution in [0.25, 0.3) is 22.4 Å². The molecule has 0 amide bonds. The number of para-hydroxylation sites is 1. The second-order valence-corrected chi connectivity index (χ2v) is 9.91. The third-order valence-electron chi connectivity index (χ3n) is 5.57. The molecule has 0 saturated carbocycles. The summed E-state index contributed by atoms with van der Waals surface area (Å²) in [4.78, 5) is 0. The maximum Gasteiger partial charge on any atom is 0.263 e. The van der Waals surface area contributed by atoms with Crippen molar-refractivity contribution in [3.63, 3.8) is 0 Å². The van der Waals surface area contributed by atoms with Crippen LogP contribution < -0.4 is 4.57 Å². The molecule has 0 atom stereocenters. The second-order valence-electron chi connectivity index (χ2n) is 8.85. The molecular formula is C27H30NS+. The Labute approximate surface area is 178 Å². The highest BCUT2D eigenvalue weighted by Gasteiger charge is 2.26. The molecule has 0 bridgehead atoms. The first-order valence-corrected chi connectivity index (χ1v) is 11.3. The zero-order valence-electron chi connectivity index (χ0n) is 17.9. The van der Waals surface area contributed by atoms with Gasteiger partial charge in [-0.25, -0.2) is 0 Å². The van der Waals surface area contributed by atoms with Crippen LogP contribution in [0.1, 0.15) is 49.7 Å². The van der Waals surface area contributed by atoms with E-state index in [9.17, 15) is 0 Å². The molecule has 0 saturated heterocycles. The minimum absolute atomic E-state index is 0.279. The van der Waals surface area contributed by atoms with Crippen LogP contribution in [0.5, 0.6) is 0 Å². The molecule has 1 aliphatic carbocycles. The van der Waals surface area contributed by atoms with Crippen molar-refractivity contribution in [2.75, 3.05) is 0 Å². The summed E-state index contributed by atoms with van der Waals surface area (Å²) in [6, 6.07) is 17.5. The van der Waals surface area contributed by atoms with Crippen molar-refractivity contribution in [2.45, 2.75) is 47.1 Å². The summed E-state index contributed by atoms with van der Waals surface area (Å²) < 4.78 is 3.80. The van der Waals surface area contributed by atoms with Gasteiger partial charge < -0.3 is 0 Å². The predicted molar refractivity (Wildman–Crippen MR) is 127 cm³/mol. The molecule has 1 aromatic heterocycles. The molecular weight excluding hydrogens is 370 g/mol. The average Bonchev–Trinajstić information content (AvgIpc) is 3.03. The van der Waals surface area contributed by atoms with Crippen molar-refractivity contribution < 1.29 is 4.57 Å². The lowest BCUT2D eigenvalue weighted by molar-refractivity contribution is -0.665. The molecule has 0 radical (unpaired) electrons. The van der Waals surface area contributed by atoms with Crippen LogP contribution in [-0.2, 0) is 6.54 Å². The molecule has 3 aromatic rings. The van der Waals surface area contributed by atoms with Gasteiger partial charge >= 0.3 is 0 Å². The number of hydrogen-bond donors (Lipinski definition) is 0. The molecule has 0 fully saturated rings. The summed E-state index contributed by atoms with van der Waals surface area (Å²) in [7, 11) is 0. The van der Waals surface area contributed by atoms with Gasteiger partial charge in [0, 0.05) is 12.1 Å². The van der Waals surface area contributed by atoms with Gasteiger partial charge in [0.25, 0.3) is 5.01 Å². The first kappa shape index (κ1) is 19.8. The number of allylic oxidation sites excluding steroid dienone is 4. The van der Waals surface area contributed by atoms with E-state index in [2.05, 4.69) is 105 Å². The maximum absolute atomic E-state index is 2.43. The molecule has 0 N–H and O–H groups in total. The molecule has 29 heavy (non-hydrogen) atoms. The summed E-state index contributed by atoms with van der Waals surface area (Å²) >= 11 is 1.89. The van der Waals surface area contributed by atoms with Gasteiger partial charge in [0.2, 0.25) is 5.52 Å². The molecule has 0 aliphatic heterocycles. The number of nitrogens with zero attached hydrogens (tertiary/aromatic N) is 1. The van der Waals surface area contributed by atoms with Crippen LogP contribution in [-0.4, -0.2) is 0 Å². The number of aromatic nitrogens is 1. The van der Waals surface area contributed by atoms with Crippen LogP contribution in [0, 0.1) is 12.3 Å². The largest absolute Gasteiger partial charge is 0.263 e. The minimum atomic E-state index is 0.279. The molecule has 4 rings (SSSR count). The first-order chi connectivity index (χ1) is 13.9. The summed E-state index contributed by atoms with van der Waals surface area (Å²) in [6.07, 6.45) is 11.6. The highest BCUT2D eigenvalue weighted by Crippen LogP contribution is 2.39. The first-order valence-electron chi connectivity index (χ1n) is 10.5. The van der Waals surface area contributed by atoms with Gasteiger partial charge in [0.1, 0.15) is 11.2 Å². The van der Waals surface area contributed by atoms with Crippen LogP contribution >= 0.6 is 11.3 Å². The lowest BCUT2D eigenvalue weighted by Crippen LogP contribution is -2.33. The van der Waals surface area contributed by atoms with E-state index in [1.165, 1.54) is 37.5 Å². The highest BCUT2D eigenvalue weighted by molar-refractivity contribution is 7.18. The van der Waals surface area contributed by atoms with E-state index in [1.807, 2.05) is 11.3 Å². The third kappa shape index (κ3) is 4.59. The summed E-state index contributed by atoms with van der Waals surface area (Å²) in [5.41, 5.74) is 7.03. The quantitative estimate of drug-likeness (QED) is 0.403. The number of rotatable bonds is 4. The number of fused-ring (bicyclic) bond motifs is 1. The third-order valence-corrected chi connectivity index (χ3v) is 6.68. The van der Waals surface area contributed by atoms with Gasteiger partial charge in [-0.2, -0.15) is 4.57 Å². The maximum atomic E-state index is 2.43. The van der Waals surface area contributed by atoms with Gasteiger partial charge in [-0.3, -0.25) is 0 Å². The van der Waals surface area contributed by atoms with Crippen molar-refractivity contribution in [1.82, 2.24) is 0 Å². The zero-order valence-corrected chi connectivity index (χ0v) is 18.7. The Morgan fingerprint density at radius 2 is 1.76 bits per heavy atom. The van der Waals surface area contributed by atoms with E-state index in [0.29, 0.717) is 0 Å². The van der Waals surface area contributed by atoms with Crippen molar-refractivity contribution in [1.29, 1.82) is 0 Å². The Morgan fingerprint density at radius 3 is 2.52 bits per heavy atom. The van der Waals surface area contributed by atoms with Gasteiger partial charge in [0.05, 0.1) is 0 Å². The van der Waals surface area contributed by atoms with Crippen LogP contribution in [0.4, 0.5) is 0 Å². The Bertz CT molecular complexity index is 1110. The Balaban J connectivity index is 1.69. The molecule has 0 spiro atoms. The highest BCUT2D eigenvalue weighted by atomic mass is 32.1. The van der Waals surface area contributed by atoms with Crippen LogP contribution in [0.15, 0.2) is 71.8 Å². The number of benzene rings is 2. The smallest absolute Gasteiger partial charge is 0.182 e. The lowest BCUT2D eigenvalue weighted by atomic mass is 9.75. The zero-order chi connectivity index (χ0) is 20.4. The van der Waals surface area contributed by atoms with Crippen molar-refractivity contribution in [3.05, 3.63) is 88.0 Å². The van der Waals surface area contributed by atoms with E-state index >= 15 is 0 Å². The number of hydrogen-bond acceptors (Lipinski definition) is 1. The van der Waals surface area contributed by atoms with Crippen LogP contribution in [0.2, 0.25) is 0 Å². The van der Waals surface area contributed by atoms with Crippen molar-refractivity contribution in [2.24, 2.45) is 5.41 Å². The molecule has 148 valence electrons. The standard InChI is InChI=1S/C27H30NS/c1-5-28-24-8-6-7-9-25(24)29-26(28)17-23-16-22(18-27(3,4)19-23)15-14-21-12-10-20(2)11-13-21/h6-17H,5,18-19H2,1-4H3/q+1. The molecule has 2 heteroatoms. The topological polar surface area (TPSA) is 3.88 Å². The van der Waals surface area contributed by atoms with E-state index in [1.54, 1.807) is 0 Å². The molecule has 1 nitrogen and oxygen atoms in total. The summed E-state index contributed by atoms with van der Waals surface area (Å²) in [5, 5.41) is 1.35. The lowest BCUT2D eigenvalue weighted by Gasteiger charge is -2.30. The summed E-state index contributed by atoms with van der Waals surface area (Å²) in [6.45, 7) is 10.1. The van der Waals surface area contributed by atoms with Crippen molar-refractivity contribution >= 4 is 33.7 Å². The van der Waals surface area contributed by atoms with Gasteiger partial charge in [-0.1, -0.05) is 85.4 Å². The minimum Gasteiger partial charge on any atom is -0.182 e. The van der Waals surface area contributed by atoms with Crippen LogP contribution in [0.3, 0.4) is 0 Å². The number of thiazole rings is 1. The van der Waals surface area contributed by atoms with E-state index < -0.39 is 0 Å². The van der Waals surface area contributed by atoms with E-state index in [4.69, 9.17) is 0 Å². The van der Waals surface area contributed by atoms with E-state index in [0.717, 1.165) is 19.4 Å². The number of aryl methyl sites for hydroxylation is 2. The monoisotopic (exact) mass is 400 g/mol. The fraction of sp³-hybridized carbons (Fsp3) is 0.296. The molecule has 2 aromatic carbocycles. The Kier molecular flexibility index (Phi) is 5.56. The van der Waals surface area contributed by atoms with Gasteiger partial charge in [0.15, 0.2) is 0 Å². The average molecular weight is 401 g/mol. The van der Waals surface area contributed by atoms with E-state index in [-0.39, 0.29) is 5.41 Å². The molecule has 1 heterocycles. The SMILES string of the molecule is CC[n+]1c(C=C2C=C(C=Cc3ccc(C)cc3)CC(C)(C)C2)sc2ccccc21. The van der Waals surface area contributed by atoms with Gasteiger partial charge in [-0.05, 0) is 54.9 Å². The summed E-state index contributed by atoms with van der Waals surface area (Å²) in [5.74, 6) is 0. The second kappa shape index (κ2) is 8.12.